The molecule has 0 aliphatic carbocycles. The van der Waals surface area contributed by atoms with Crippen LogP contribution in [0, 0.1) is 0 Å². The van der Waals surface area contributed by atoms with Gasteiger partial charge in [0.05, 0.1) is 0 Å². The molecule has 0 nitrogen and oxygen atoms in total. The molecular weight excluding hydrogens is 106 g/mol. The van der Waals surface area contributed by atoms with E-state index in [1.165, 1.54) is 0 Å². The van der Waals surface area contributed by atoms with Crippen LogP contribution in [0.2, 0.25) is 0 Å². The van der Waals surface area contributed by atoms with Gasteiger partial charge in [-0.25, -0.2) is 0 Å². The first-order valence-electron chi connectivity index (χ1n) is 0. The molecule has 4 heavy (non-hydrogen) atoms. The first-order valence-corrected chi connectivity index (χ1v) is 0. The summed E-state index contributed by atoms with van der Waals surface area (Å²) in [6.45, 7) is 0. The van der Waals surface area contributed by atoms with Crippen molar-refractivity contribution in [3.05, 3.63) is 0 Å². The van der Waals surface area contributed by atoms with Gasteiger partial charge in [-0.2, -0.15) is 0 Å². The van der Waals surface area contributed by atoms with Crippen molar-refractivity contribution >= 4 is 17.4 Å². The van der Waals surface area contributed by atoms with Gasteiger partial charge in [-0.1, -0.05) is 7.43 Å². The molecule has 0 radical (unpaired) electrons. The van der Waals surface area contributed by atoms with E-state index in [4.69, 9.17) is 0 Å². The number of rotatable bonds is 0. The molecular formula is CH8AlFTi. The van der Waals surface area contributed by atoms with Gasteiger partial charge in [0.2, 0.25) is 0 Å². The topological polar surface area (TPSA) is 0 Å². The molecule has 0 atom stereocenters. The van der Waals surface area contributed by atoms with Crippen molar-refractivity contribution in [2.75, 3.05) is 0 Å². The van der Waals surface area contributed by atoms with Crippen LogP contribution in [0.5, 0.6) is 0 Å². The Kier molecular flexibility index (Phi) is 496. The predicted octanol–water partition coefficient (Wildman–Crippen LogP) is -0.398. The molecule has 0 amide bonds. The average molecular weight is 114 g/mol. The summed E-state index contributed by atoms with van der Waals surface area (Å²) in [4.78, 5) is 0. The third kappa shape index (κ3) is 10.9. The van der Waals surface area contributed by atoms with Gasteiger partial charge >= 0.3 is 0 Å². The van der Waals surface area contributed by atoms with E-state index < -0.39 is 0 Å². The summed E-state index contributed by atoms with van der Waals surface area (Å²) in [7, 11) is 0. The quantitative estimate of drug-likeness (QED) is 0.376. The Hall–Kier alpha value is 1.18. The molecule has 0 heterocycles. The standard InChI is InChI=1S/CH4.Al.FH.Ti.3H/h1H4;;1H;;;;. The van der Waals surface area contributed by atoms with Gasteiger partial charge in [0.15, 0.2) is 17.4 Å². The Balaban J connectivity index is 0. The third-order valence-electron chi connectivity index (χ3n) is 0. The minimum Gasteiger partial charge on any atom is -0.269 e. The molecule has 0 fully saturated rings. The minimum atomic E-state index is 0. The van der Waals surface area contributed by atoms with E-state index in [2.05, 4.69) is 0 Å². The summed E-state index contributed by atoms with van der Waals surface area (Å²) < 4.78 is 0. The fourth-order valence-corrected chi connectivity index (χ4v) is 0. The zero-order chi connectivity index (χ0) is 0. The van der Waals surface area contributed by atoms with Crippen molar-refractivity contribution in [1.29, 1.82) is 0 Å². The van der Waals surface area contributed by atoms with Gasteiger partial charge in [-0.3, -0.25) is 4.70 Å². The third-order valence-corrected chi connectivity index (χ3v) is 0. The second kappa shape index (κ2) is 30.4. The minimum absolute atomic E-state index is 0. The molecule has 0 aromatic rings. The van der Waals surface area contributed by atoms with Crippen LogP contribution in [0.25, 0.3) is 0 Å². The molecule has 0 spiro atoms. The summed E-state index contributed by atoms with van der Waals surface area (Å²) >= 11 is 0. The Morgan fingerprint density at radius 1 is 1.00 bits per heavy atom. The average Bonchev–Trinajstić information content (AvgIpc) is 0. The maximum Gasteiger partial charge on any atom is 0.187 e. The van der Waals surface area contributed by atoms with Crippen molar-refractivity contribution in [3.8, 4) is 0 Å². The van der Waals surface area contributed by atoms with Crippen LogP contribution in [0.4, 0.5) is 4.70 Å². The van der Waals surface area contributed by atoms with Crippen LogP contribution in [0.15, 0.2) is 0 Å². The predicted molar refractivity (Wildman–Crippen MR) is 19.2 cm³/mol. The zero-order valence-corrected chi connectivity index (χ0v) is 2.47. The molecule has 0 aromatic heterocycles. The van der Waals surface area contributed by atoms with Crippen molar-refractivity contribution in [1.82, 2.24) is 0 Å². The molecule has 0 aromatic carbocycles. The smallest absolute Gasteiger partial charge is 0.187 e. The Morgan fingerprint density at radius 3 is 1.00 bits per heavy atom. The van der Waals surface area contributed by atoms with E-state index in [1.54, 1.807) is 0 Å². The van der Waals surface area contributed by atoms with E-state index in [0.717, 1.165) is 0 Å². The molecule has 0 N–H and O–H groups in total. The van der Waals surface area contributed by atoms with Gasteiger partial charge in [-0.15, -0.1) is 0 Å². The molecule has 0 aliphatic rings. The van der Waals surface area contributed by atoms with E-state index in [9.17, 15) is 0 Å². The summed E-state index contributed by atoms with van der Waals surface area (Å²) in [5.41, 5.74) is 0. The molecule has 0 rings (SSSR count). The normalized spacial score (nSPS) is 0. The fourth-order valence-electron chi connectivity index (χ4n) is 0. The Morgan fingerprint density at radius 2 is 1.00 bits per heavy atom. The van der Waals surface area contributed by atoms with Crippen molar-refractivity contribution in [2.24, 2.45) is 0 Å². The van der Waals surface area contributed by atoms with Gasteiger partial charge < -0.3 is 0 Å². The van der Waals surface area contributed by atoms with E-state index in [1.807, 2.05) is 0 Å². The van der Waals surface area contributed by atoms with E-state index in [0.29, 0.717) is 0 Å². The second-order valence-electron chi connectivity index (χ2n) is 0. The molecule has 0 aliphatic heterocycles. The molecule has 0 unspecified atom stereocenters. The summed E-state index contributed by atoms with van der Waals surface area (Å²) in [6, 6.07) is 0. The first kappa shape index (κ1) is 65.2. The fraction of sp³-hybridized carbons (Fsp3) is 1.00. The molecule has 0 saturated carbocycles. The van der Waals surface area contributed by atoms with Gasteiger partial charge in [0, 0.05) is 21.7 Å². The van der Waals surface area contributed by atoms with Crippen LogP contribution in [0.3, 0.4) is 0 Å². The Labute approximate surface area is 51.3 Å². The monoisotopic (exact) mass is 114 g/mol. The number of hydrogen-bond donors (Lipinski definition) is 0. The molecule has 3 heteroatoms. The molecule has 0 saturated heterocycles. The van der Waals surface area contributed by atoms with Gasteiger partial charge in [0.25, 0.3) is 0 Å². The first-order chi connectivity index (χ1) is 0. The zero-order valence-electron chi connectivity index (χ0n) is 0.908. The van der Waals surface area contributed by atoms with E-state index >= 15 is 0 Å². The van der Waals surface area contributed by atoms with Crippen molar-refractivity contribution < 1.29 is 26.4 Å². The van der Waals surface area contributed by atoms with Crippen molar-refractivity contribution in [3.63, 3.8) is 0 Å². The van der Waals surface area contributed by atoms with Crippen LogP contribution in [-0.4, -0.2) is 17.4 Å². The molecule has 0 bridgehead atoms. The largest absolute Gasteiger partial charge is 0.269 e. The van der Waals surface area contributed by atoms with Crippen LogP contribution in [-0.2, 0) is 21.7 Å². The maximum atomic E-state index is 0. The SMILES string of the molecule is C.F.[AlH3].[Ti]. The maximum absolute atomic E-state index is 0. The second-order valence-corrected chi connectivity index (χ2v) is 0. The summed E-state index contributed by atoms with van der Waals surface area (Å²) in [6.07, 6.45) is 0. The number of halogens is 1. The van der Waals surface area contributed by atoms with Crippen molar-refractivity contribution in [2.45, 2.75) is 7.43 Å². The van der Waals surface area contributed by atoms with Crippen LogP contribution in [0.1, 0.15) is 7.43 Å². The van der Waals surface area contributed by atoms with Crippen LogP contribution >= 0.6 is 0 Å². The van der Waals surface area contributed by atoms with Gasteiger partial charge in [0.1, 0.15) is 0 Å². The summed E-state index contributed by atoms with van der Waals surface area (Å²) in [5, 5.41) is 0. The van der Waals surface area contributed by atoms with Gasteiger partial charge in [-0.05, 0) is 0 Å². The number of hydrogen-bond acceptors (Lipinski definition) is 0. The molecule has 26 valence electrons. The van der Waals surface area contributed by atoms with Crippen LogP contribution < -0.4 is 0 Å². The Bertz CT molecular complexity index is 8.00. The summed E-state index contributed by atoms with van der Waals surface area (Å²) in [5.74, 6) is 0. The van der Waals surface area contributed by atoms with E-state index in [-0.39, 0.29) is 51.2 Å².